The molecular weight excluding hydrogens is 1810 g/mol. The van der Waals surface area contributed by atoms with E-state index in [1.807, 2.05) is 36.4 Å². The summed E-state index contributed by atoms with van der Waals surface area (Å²) in [5.41, 5.74) is 11.6. The number of sulfonamides is 2. The van der Waals surface area contributed by atoms with Crippen LogP contribution in [0.4, 0.5) is 22.7 Å². The fourth-order valence-electron chi connectivity index (χ4n) is 21.2. The Morgan fingerprint density at radius 3 is 1.39 bits per heavy atom. The maximum absolute atomic E-state index is 14.2. The number of allylic oxidation sites excluding steroid dienone is 2. The van der Waals surface area contributed by atoms with Gasteiger partial charge in [0.05, 0.1) is 67.5 Å². The molecule has 0 spiro atoms. The number of H-pyrrole nitrogens is 2. The van der Waals surface area contributed by atoms with E-state index < -0.39 is 51.5 Å². The number of rotatable bonds is 27. The van der Waals surface area contributed by atoms with Crippen LogP contribution in [0.1, 0.15) is 168 Å². The lowest BCUT2D eigenvalue weighted by atomic mass is 9.72. The summed E-state index contributed by atoms with van der Waals surface area (Å²) < 4.78 is 85.3. The van der Waals surface area contributed by atoms with Crippen LogP contribution in [0.5, 0.6) is 34.5 Å². The van der Waals surface area contributed by atoms with Crippen molar-refractivity contribution in [3.05, 3.63) is 233 Å². The molecule has 2 amide bonds. The standard InChI is InChI=1S/C53H63ClN8O7S.C50H58ClN7O7S/c1-35-32-58(21-24-61(35)41-5-4-6-41)18-15-36-25-46-48(62(64)65)28-44(29-49(46)68-34-36)70(66,67)57-52(63)45-12-11-42(27-50(45)69-43-26-38-14-17-55-51(38)56-31-43)60-22-19-59(20-23-60)33-39-13-16-53(2,3)30-47(39)37-7-9-40(54)10-8-37;1-33-5-4-17-55(30-33)18-14-34-23-43-45(58(60)61)26-41(27-46(43)64-32-34)66(62,63)54-49(59)42-11-10-39(25-47(42)65-40-24-36-13-16-52-48(36)53-29-40)57-21-19-56(20-22-57)31-37-12-15-50(2,3)28-44(37)35-6-8-38(51)9-7-35/h7-12,14,17,26-29,31,35-36,41H,4-6,13,15-16,18-25,30,32-34H2,1-3H3,(H,55,56)(H,57,63);6-11,13,16,24-27,29,33-34H,4-5,12,14-15,17-23,28,30-32H2,1-3H3,(H,52,53)(H,54,59)/t35-,36+;33-,34-/m01/s1. The minimum Gasteiger partial charge on any atom is -0.493 e. The normalized spacial score (nSPS) is 21.0. The van der Waals surface area contributed by atoms with E-state index in [0.29, 0.717) is 78.0 Å². The molecule has 3 aliphatic carbocycles. The van der Waals surface area contributed by atoms with Gasteiger partial charge in [-0.3, -0.25) is 44.5 Å². The highest BCUT2D eigenvalue weighted by Gasteiger charge is 2.40. The lowest BCUT2D eigenvalue weighted by molar-refractivity contribution is -0.386. The first-order chi connectivity index (χ1) is 65.3. The summed E-state index contributed by atoms with van der Waals surface area (Å²) in [6, 6.07) is 39.7. The predicted molar refractivity (Wildman–Crippen MR) is 530 cm³/mol. The first-order valence-electron chi connectivity index (χ1n) is 47.9. The van der Waals surface area contributed by atoms with Gasteiger partial charge in [0.15, 0.2) is 0 Å². The molecule has 0 radical (unpaired) electrons. The molecule has 10 heterocycles. The molecule has 4 N–H and O–H groups in total. The van der Waals surface area contributed by atoms with Crippen molar-refractivity contribution < 1.29 is 55.2 Å². The van der Waals surface area contributed by atoms with Crippen molar-refractivity contribution in [1.82, 2.24) is 53.9 Å². The van der Waals surface area contributed by atoms with Gasteiger partial charge in [-0.25, -0.2) is 36.2 Å². The second-order valence-electron chi connectivity index (χ2n) is 40.2. The number of piperidine rings is 1. The summed E-state index contributed by atoms with van der Waals surface area (Å²) in [6.45, 7) is 29.4. The van der Waals surface area contributed by atoms with Gasteiger partial charge in [0, 0.05) is 185 Å². The number of hydrogen-bond donors (Lipinski definition) is 4. The lowest BCUT2D eigenvalue weighted by Crippen LogP contribution is -2.57. The number of amides is 2. The molecule has 19 rings (SSSR count). The molecule has 29 nitrogen and oxygen atoms in total. The molecular formula is C103H121Cl2N15O14S2. The number of nitro groups is 2. The van der Waals surface area contributed by atoms with E-state index in [1.54, 1.807) is 60.9 Å². The summed E-state index contributed by atoms with van der Waals surface area (Å²) in [5.74, 6) is 0.0807. The number of carbonyl (C=O) groups is 2. The van der Waals surface area contributed by atoms with Crippen LogP contribution in [0, 0.1) is 48.8 Å². The number of nitrogens with one attached hydrogen (secondary N) is 4. The molecule has 6 aliphatic heterocycles. The number of hydrogen-bond acceptors (Lipinski definition) is 23. The fourth-order valence-corrected chi connectivity index (χ4v) is 23.4. The van der Waals surface area contributed by atoms with Gasteiger partial charge < -0.3 is 48.5 Å². The zero-order chi connectivity index (χ0) is 94.9. The van der Waals surface area contributed by atoms with Gasteiger partial charge >= 0.3 is 0 Å². The zero-order valence-corrected chi connectivity index (χ0v) is 81.3. The molecule has 4 saturated heterocycles. The van der Waals surface area contributed by atoms with Crippen LogP contribution in [0.25, 0.3) is 33.2 Å². The van der Waals surface area contributed by atoms with E-state index in [9.17, 15) is 46.7 Å². The third-order valence-electron chi connectivity index (χ3n) is 29.2. The molecule has 136 heavy (non-hydrogen) atoms. The van der Waals surface area contributed by atoms with Crippen molar-refractivity contribution in [2.45, 2.75) is 160 Å². The second-order valence-corrected chi connectivity index (χ2v) is 44.4. The highest BCUT2D eigenvalue weighted by molar-refractivity contribution is 7.90. The number of aromatic nitrogens is 4. The van der Waals surface area contributed by atoms with Crippen molar-refractivity contribution in [2.24, 2.45) is 28.6 Å². The molecule has 0 bridgehead atoms. The summed E-state index contributed by atoms with van der Waals surface area (Å²) in [7, 11) is -9.25. The molecule has 718 valence electrons. The number of likely N-dealkylation sites (tertiary alicyclic amines) is 1. The average molecular weight is 1930 g/mol. The minimum atomic E-state index is -4.63. The van der Waals surface area contributed by atoms with Crippen LogP contribution >= 0.6 is 23.2 Å². The van der Waals surface area contributed by atoms with E-state index in [2.05, 4.69) is 129 Å². The van der Waals surface area contributed by atoms with E-state index in [4.69, 9.17) is 42.1 Å². The fraction of sp³-hybridized carbons (Fsp3) is 0.456. The number of anilines is 2. The molecule has 1 saturated carbocycles. The minimum absolute atomic E-state index is 0.0348. The molecule has 5 fully saturated rings. The van der Waals surface area contributed by atoms with E-state index >= 15 is 0 Å². The molecule has 4 aromatic heterocycles. The van der Waals surface area contributed by atoms with Crippen LogP contribution < -0.4 is 38.2 Å². The Kier molecular flexibility index (Phi) is 28.4. The molecule has 0 unspecified atom stereocenters. The molecule has 33 heteroatoms. The summed E-state index contributed by atoms with van der Waals surface area (Å²) in [5, 5.41) is 28.0. The molecule has 6 aromatic carbocycles. The van der Waals surface area contributed by atoms with Crippen molar-refractivity contribution >= 4 is 111 Å². The lowest BCUT2D eigenvalue weighted by Gasteiger charge is -2.47. The topological polar surface area (TPSA) is 330 Å². The van der Waals surface area contributed by atoms with E-state index in [1.165, 1.54) is 83.6 Å². The number of nitrogens with zero attached hydrogens (tertiary/aromatic N) is 11. The number of fused-ring (bicyclic) bond motifs is 4. The average Bonchev–Trinajstić information content (AvgIpc) is 0.890. The van der Waals surface area contributed by atoms with Gasteiger partial charge in [0.25, 0.3) is 43.2 Å². The van der Waals surface area contributed by atoms with Crippen molar-refractivity contribution in [3.63, 3.8) is 0 Å². The molecule has 10 aromatic rings. The molecule has 9 aliphatic rings. The highest BCUT2D eigenvalue weighted by atomic mass is 35.5. The van der Waals surface area contributed by atoms with Crippen LogP contribution in [0.15, 0.2) is 179 Å². The number of ether oxygens (including phenoxy) is 4. The number of nitro benzene ring substituents is 2. The summed E-state index contributed by atoms with van der Waals surface area (Å²) in [6.07, 6.45) is 21.7. The van der Waals surface area contributed by atoms with Crippen molar-refractivity contribution in [1.29, 1.82) is 0 Å². The summed E-state index contributed by atoms with van der Waals surface area (Å²) in [4.78, 5) is 83.2. The number of carbonyl (C=O) groups excluding carboxylic acids is 2. The van der Waals surface area contributed by atoms with Crippen molar-refractivity contribution in [2.75, 3.05) is 134 Å². The Morgan fingerprint density at radius 1 is 0.529 bits per heavy atom. The zero-order valence-electron chi connectivity index (χ0n) is 78.1. The second kappa shape index (κ2) is 40.6. The van der Waals surface area contributed by atoms with Crippen LogP contribution in [-0.2, 0) is 32.9 Å². The third kappa shape index (κ3) is 22.4. The smallest absolute Gasteiger partial charge is 0.277 e. The first-order valence-corrected chi connectivity index (χ1v) is 51.6. The quantitative estimate of drug-likeness (QED) is 0.0274. The van der Waals surface area contributed by atoms with Gasteiger partial charge in [-0.05, 0) is 240 Å². The van der Waals surface area contributed by atoms with Gasteiger partial charge in [0.1, 0.15) is 45.8 Å². The molecule has 4 atom stereocenters. The Bertz CT molecular complexity index is 6450. The van der Waals surface area contributed by atoms with Gasteiger partial charge in [-0.2, -0.15) is 0 Å². The Balaban J connectivity index is 0.000000182. The Labute approximate surface area is 805 Å². The van der Waals surface area contributed by atoms with Gasteiger partial charge in [-0.1, -0.05) is 99.7 Å². The first kappa shape index (κ1) is 95.3. The summed E-state index contributed by atoms with van der Waals surface area (Å²) >= 11 is 12.5. The Morgan fingerprint density at radius 2 is 0.971 bits per heavy atom. The van der Waals surface area contributed by atoms with Crippen LogP contribution in [0.2, 0.25) is 10.0 Å². The number of pyridine rings is 2. The maximum Gasteiger partial charge on any atom is 0.277 e. The highest BCUT2D eigenvalue weighted by Crippen LogP contribution is 2.48. The number of aromatic amines is 2. The van der Waals surface area contributed by atoms with Gasteiger partial charge in [0.2, 0.25) is 0 Å². The number of halogens is 2. The van der Waals surface area contributed by atoms with E-state index in [0.717, 1.165) is 213 Å². The number of piperazine rings is 3. The van der Waals surface area contributed by atoms with E-state index in [-0.39, 0.29) is 68.2 Å². The van der Waals surface area contributed by atoms with Gasteiger partial charge in [-0.15, -0.1) is 0 Å². The van der Waals surface area contributed by atoms with Crippen LogP contribution in [0.3, 0.4) is 0 Å². The van der Waals surface area contributed by atoms with Crippen molar-refractivity contribution in [3.8, 4) is 34.5 Å². The SMILES string of the molecule is C[C@@H]1CCCN(CC[C@H]2COc3cc(S(=O)(=O)NC(=O)c4ccc(N5CCN(CC6=C(c7ccc(Cl)cc7)CC(C)(C)CC6)CC5)cc4Oc4cnc5[nH]ccc5c4)cc([N+](=O)[O-])c3C2)C1.C[C@H]1CN(CC[C@H]2COc3cc(S(=O)(=O)NC(=O)c4ccc(N5CCN(CC6=C(c7ccc(Cl)cc7)CC(C)(C)CC6)CC5)cc4Oc4cnc5[nH]ccc5c4)cc([N+](=O)[O-])c3C2)CCN1C1CCC1. The largest absolute Gasteiger partial charge is 0.493 e. The third-order valence-corrected chi connectivity index (χ3v) is 32.3. The monoisotopic (exact) mass is 1930 g/mol. The number of benzene rings is 6. The Hall–Kier alpha value is -11.0. The predicted octanol–water partition coefficient (Wildman–Crippen LogP) is 18.8. The maximum atomic E-state index is 14.2. The van der Waals surface area contributed by atoms with Crippen LogP contribution in [-0.4, -0.2) is 219 Å².